The van der Waals surface area contributed by atoms with Gasteiger partial charge in [0, 0.05) is 13.1 Å². The average Bonchev–Trinajstić information content (AvgIpc) is 3.06. The van der Waals surface area contributed by atoms with Crippen molar-refractivity contribution in [2.45, 2.75) is 66.1 Å². The van der Waals surface area contributed by atoms with E-state index in [4.69, 9.17) is 0 Å². The molecule has 294 valence electrons. The Hall–Kier alpha value is -3.83. The van der Waals surface area contributed by atoms with Crippen LogP contribution in [0.1, 0.15) is 34.6 Å². The highest BCUT2D eigenvalue weighted by atomic mass is 32.2. The van der Waals surface area contributed by atoms with E-state index in [1.54, 1.807) is 0 Å². The Morgan fingerprint density at radius 2 is 0.827 bits per heavy atom. The van der Waals surface area contributed by atoms with Gasteiger partial charge in [-0.3, -0.25) is 0 Å². The number of esters is 2. The van der Waals surface area contributed by atoms with Crippen LogP contribution in [0.15, 0.2) is 59.5 Å². The van der Waals surface area contributed by atoms with Gasteiger partial charge in [0.1, 0.15) is 0 Å². The van der Waals surface area contributed by atoms with Crippen LogP contribution in [0.4, 0.5) is 70.2 Å². The lowest BCUT2D eigenvalue weighted by Gasteiger charge is -2.43. The molecule has 0 atom stereocenters. The van der Waals surface area contributed by atoms with Gasteiger partial charge in [0.05, 0.1) is 16.0 Å². The SMILES string of the molecule is CCN(CC)S(=O)(=O)c1ccc(C(=O)OCC(F)(F)C(F)(F)C(F)(F)C(F)(F)C(F)(F)C(F)(F)C(F)(F)C(F)(F)COC(=O)c2ccccc2)cc1. The zero-order valence-corrected chi connectivity index (χ0v) is 26.7. The van der Waals surface area contributed by atoms with Crippen LogP contribution in [0.5, 0.6) is 0 Å². The first kappa shape index (κ1) is 44.3. The van der Waals surface area contributed by atoms with Crippen molar-refractivity contribution in [3.63, 3.8) is 0 Å². The molecule has 2 aromatic rings. The Kier molecular flexibility index (Phi) is 12.4. The second-order valence-electron chi connectivity index (χ2n) is 10.5. The van der Waals surface area contributed by atoms with Crippen LogP contribution in [-0.2, 0) is 19.5 Å². The van der Waals surface area contributed by atoms with E-state index in [2.05, 4.69) is 9.47 Å². The Balaban J connectivity index is 2.35. The highest BCUT2D eigenvalue weighted by molar-refractivity contribution is 7.89. The molecule has 0 spiro atoms. The Labute approximate surface area is 282 Å². The molecule has 52 heavy (non-hydrogen) atoms. The summed E-state index contributed by atoms with van der Waals surface area (Å²) in [4.78, 5) is 23.2. The maximum Gasteiger partial charge on any atom is 0.385 e. The molecule has 0 radical (unpaired) electrons. The Morgan fingerprint density at radius 3 is 1.15 bits per heavy atom. The summed E-state index contributed by atoms with van der Waals surface area (Å²) in [6, 6.07) is 7.11. The fourth-order valence-corrected chi connectivity index (χ4v) is 5.42. The van der Waals surface area contributed by atoms with Crippen molar-refractivity contribution in [2.24, 2.45) is 0 Å². The van der Waals surface area contributed by atoms with E-state index in [0.717, 1.165) is 28.6 Å². The summed E-state index contributed by atoms with van der Waals surface area (Å²) in [6.07, 6.45) is 0. The van der Waals surface area contributed by atoms with Crippen molar-refractivity contribution in [1.29, 1.82) is 0 Å². The molecular weight excluding hydrogens is 782 g/mol. The molecule has 0 unspecified atom stereocenters. The highest BCUT2D eigenvalue weighted by Gasteiger charge is 2.95. The monoisotopic (exact) mass is 805 g/mol. The molecule has 7 nitrogen and oxygen atoms in total. The van der Waals surface area contributed by atoms with Crippen LogP contribution < -0.4 is 0 Å². The molecule has 0 aliphatic carbocycles. The van der Waals surface area contributed by atoms with Crippen molar-refractivity contribution in [3.8, 4) is 0 Å². The minimum atomic E-state index is -8.73. The maximum atomic E-state index is 14.3. The van der Waals surface area contributed by atoms with Gasteiger partial charge in [-0.1, -0.05) is 32.0 Å². The van der Waals surface area contributed by atoms with Crippen molar-refractivity contribution >= 4 is 22.0 Å². The van der Waals surface area contributed by atoms with Gasteiger partial charge in [-0.25, -0.2) is 18.0 Å². The van der Waals surface area contributed by atoms with Crippen LogP contribution in [-0.4, -0.2) is 98.3 Å². The number of benzene rings is 2. The zero-order chi connectivity index (χ0) is 40.6. The van der Waals surface area contributed by atoms with Gasteiger partial charge in [-0.15, -0.1) is 0 Å². The van der Waals surface area contributed by atoms with Crippen molar-refractivity contribution in [2.75, 3.05) is 26.3 Å². The van der Waals surface area contributed by atoms with E-state index in [-0.39, 0.29) is 13.1 Å². The van der Waals surface area contributed by atoms with E-state index in [1.165, 1.54) is 19.9 Å². The van der Waals surface area contributed by atoms with E-state index < -0.39 is 98.6 Å². The van der Waals surface area contributed by atoms with Crippen LogP contribution in [0.2, 0.25) is 0 Å². The molecule has 0 heterocycles. The normalized spacial score (nSPS) is 14.4. The van der Waals surface area contributed by atoms with Gasteiger partial charge in [0.25, 0.3) is 0 Å². The molecule has 0 aliphatic rings. The standard InChI is InChI=1S/C28H23F16NO6S/c1-3-45(4-2)52(48,49)18-12-10-17(11-13-18)20(47)51-15-22(31,32)24(35,36)26(39,40)28(43,44)27(41,42)25(37,38)23(33,34)21(29,30)14-50-19(46)16-8-6-5-7-9-16/h5-13H,3-4,14-15H2,1-2H3. The number of hydrogen-bond acceptors (Lipinski definition) is 6. The largest absolute Gasteiger partial charge is 0.455 e. The molecule has 0 fully saturated rings. The number of alkyl halides is 16. The Morgan fingerprint density at radius 1 is 0.519 bits per heavy atom. The van der Waals surface area contributed by atoms with Gasteiger partial charge in [0.2, 0.25) is 10.0 Å². The number of carbonyl (C=O) groups is 2. The molecule has 24 heteroatoms. The van der Waals surface area contributed by atoms with Crippen molar-refractivity contribution < 1.29 is 97.7 Å². The lowest BCUT2D eigenvalue weighted by atomic mass is 9.88. The predicted octanol–water partition coefficient (Wildman–Crippen LogP) is 7.81. The predicted molar refractivity (Wildman–Crippen MR) is 143 cm³/mol. The molecular formula is C28H23F16NO6S. The van der Waals surface area contributed by atoms with Crippen LogP contribution in [0.3, 0.4) is 0 Å². The number of carbonyl (C=O) groups excluding carboxylic acids is 2. The van der Waals surface area contributed by atoms with Gasteiger partial charge in [-0.05, 0) is 36.4 Å². The van der Waals surface area contributed by atoms with Gasteiger partial charge in [-0.2, -0.15) is 74.6 Å². The van der Waals surface area contributed by atoms with E-state index in [1.807, 2.05) is 0 Å². The molecule has 2 rings (SSSR count). The van der Waals surface area contributed by atoms with Crippen LogP contribution in [0.25, 0.3) is 0 Å². The van der Waals surface area contributed by atoms with Crippen molar-refractivity contribution in [1.82, 2.24) is 4.31 Å². The number of rotatable bonds is 17. The summed E-state index contributed by atoms with van der Waals surface area (Å²) in [5, 5.41) is 0. The lowest BCUT2D eigenvalue weighted by Crippen LogP contribution is -2.75. The van der Waals surface area contributed by atoms with Gasteiger partial charge >= 0.3 is 59.3 Å². The summed E-state index contributed by atoms with van der Waals surface area (Å²) in [7, 11) is -4.20. The molecule has 0 N–H and O–H groups in total. The van der Waals surface area contributed by atoms with E-state index >= 15 is 0 Å². The average molecular weight is 806 g/mol. The topological polar surface area (TPSA) is 90.0 Å². The highest BCUT2D eigenvalue weighted by Crippen LogP contribution is 2.63. The summed E-state index contributed by atoms with van der Waals surface area (Å²) in [5.41, 5.74) is -1.71. The first-order valence-electron chi connectivity index (χ1n) is 13.9. The molecule has 0 aliphatic heterocycles. The summed E-state index contributed by atoms with van der Waals surface area (Å²) < 4.78 is 260. The fraction of sp³-hybridized carbons (Fsp3) is 0.500. The minimum Gasteiger partial charge on any atom is -0.455 e. The second kappa shape index (κ2) is 14.5. The van der Waals surface area contributed by atoms with Gasteiger partial charge < -0.3 is 9.47 Å². The zero-order valence-electron chi connectivity index (χ0n) is 25.9. The van der Waals surface area contributed by atoms with Crippen LogP contribution >= 0.6 is 0 Å². The lowest BCUT2D eigenvalue weighted by molar-refractivity contribution is -0.454. The number of hydrogen-bond donors (Lipinski definition) is 0. The number of ether oxygens (including phenoxy) is 2. The van der Waals surface area contributed by atoms with Crippen molar-refractivity contribution in [3.05, 3.63) is 65.7 Å². The third kappa shape index (κ3) is 7.36. The molecule has 2 aromatic carbocycles. The number of halogens is 16. The minimum absolute atomic E-state index is 0.0552. The number of nitrogens with zero attached hydrogens (tertiary/aromatic N) is 1. The van der Waals surface area contributed by atoms with E-state index in [0.29, 0.717) is 24.3 Å². The summed E-state index contributed by atoms with van der Waals surface area (Å²) in [6.45, 7) is -3.97. The number of sulfonamides is 1. The third-order valence-electron chi connectivity index (χ3n) is 7.10. The first-order chi connectivity index (χ1) is 23.4. The smallest absolute Gasteiger partial charge is 0.385 e. The molecule has 0 saturated carbocycles. The molecule has 0 saturated heterocycles. The molecule has 0 bridgehead atoms. The van der Waals surface area contributed by atoms with Crippen LogP contribution in [0, 0.1) is 0 Å². The maximum absolute atomic E-state index is 14.3. The summed E-state index contributed by atoms with van der Waals surface area (Å²) >= 11 is 0. The Bertz CT molecular complexity index is 1680. The van der Waals surface area contributed by atoms with E-state index in [9.17, 15) is 88.3 Å². The first-order valence-corrected chi connectivity index (χ1v) is 15.3. The molecule has 0 aromatic heterocycles. The summed E-state index contributed by atoms with van der Waals surface area (Å²) in [5.74, 6) is -68.4. The second-order valence-corrected chi connectivity index (χ2v) is 12.4. The van der Waals surface area contributed by atoms with Gasteiger partial charge in [0.15, 0.2) is 13.2 Å². The molecule has 0 amide bonds. The quantitative estimate of drug-likeness (QED) is 0.120. The third-order valence-corrected chi connectivity index (χ3v) is 9.17. The fourth-order valence-electron chi connectivity index (χ4n) is 3.96.